The fourth-order valence-electron chi connectivity index (χ4n) is 4.49. The number of pyridine rings is 1. The average Bonchev–Trinajstić information content (AvgIpc) is 3.59. The molecule has 5 rings (SSSR count). The molecule has 0 bridgehead atoms. The van der Waals surface area contributed by atoms with Crippen molar-refractivity contribution in [1.29, 1.82) is 0 Å². The second-order valence-corrected chi connectivity index (χ2v) is 11.5. The van der Waals surface area contributed by atoms with Crippen molar-refractivity contribution < 1.29 is 19.4 Å². The largest absolute Gasteiger partial charge is 0.395 e. The minimum absolute atomic E-state index is 0.105. The average molecular weight is 600 g/mol. The van der Waals surface area contributed by atoms with Crippen molar-refractivity contribution >= 4 is 44.2 Å². The van der Waals surface area contributed by atoms with E-state index in [1.807, 2.05) is 13.0 Å². The first-order valence-corrected chi connectivity index (χ1v) is 13.5. The van der Waals surface area contributed by atoms with Crippen LogP contribution in [-0.4, -0.2) is 62.0 Å². The minimum atomic E-state index is -1.21. The lowest BCUT2D eigenvalue weighted by Crippen LogP contribution is -2.47. The van der Waals surface area contributed by atoms with Crippen molar-refractivity contribution in [2.45, 2.75) is 32.7 Å². The van der Waals surface area contributed by atoms with E-state index in [0.29, 0.717) is 45.6 Å². The van der Waals surface area contributed by atoms with Crippen LogP contribution in [0.2, 0.25) is 0 Å². The van der Waals surface area contributed by atoms with Gasteiger partial charge in [0.1, 0.15) is 11.6 Å². The van der Waals surface area contributed by atoms with Crippen LogP contribution in [0.1, 0.15) is 38.4 Å². The molecule has 0 aliphatic heterocycles. The summed E-state index contributed by atoms with van der Waals surface area (Å²) in [7, 11) is 0. The van der Waals surface area contributed by atoms with Crippen LogP contribution >= 0.6 is 15.9 Å². The van der Waals surface area contributed by atoms with Crippen LogP contribution in [0.5, 0.6) is 0 Å². The summed E-state index contributed by atoms with van der Waals surface area (Å²) in [6, 6.07) is 6.13. The Hall–Kier alpha value is -3.19. The van der Waals surface area contributed by atoms with Crippen LogP contribution < -0.4 is 16.4 Å². The number of carbonyl (C=O) groups excluding carboxylic acids is 1. The second-order valence-electron chi connectivity index (χ2n) is 10.7. The Labute approximate surface area is 233 Å². The maximum atomic E-state index is 13.8. The molecule has 1 amide bonds. The van der Waals surface area contributed by atoms with Crippen LogP contribution in [-0.2, 0) is 4.79 Å². The van der Waals surface area contributed by atoms with Crippen LogP contribution in [0, 0.1) is 16.6 Å². The van der Waals surface area contributed by atoms with Crippen molar-refractivity contribution in [2.24, 2.45) is 10.8 Å². The molecule has 0 saturated heterocycles. The van der Waals surface area contributed by atoms with Gasteiger partial charge in [0.05, 0.1) is 40.5 Å². The highest BCUT2D eigenvalue weighted by Crippen LogP contribution is 2.45. The molecular formula is C27H31BrFN7O3. The van der Waals surface area contributed by atoms with Crippen LogP contribution in [0.3, 0.4) is 0 Å². The number of nitrogens with one attached hydrogen (secondary N) is 2. The monoisotopic (exact) mass is 599 g/mol. The maximum Gasteiger partial charge on any atom is 0.230 e. The van der Waals surface area contributed by atoms with Gasteiger partial charge in [-0.2, -0.15) is 9.61 Å². The lowest BCUT2D eigenvalue weighted by atomic mass is 9.91. The van der Waals surface area contributed by atoms with Gasteiger partial charge in [0.2, 0.25) is 5.91 Å². The molecule has 6 N–H and O–H groups in total. The summed E-state index contributed by atoms with van der Waals surface area (Å²) in [5, 5.41) is 30.5. The number of hydrogen-bond donors (Lipinski definition) is 5. The maximum absolute atomic E-state index is 13.8. The third-order valence-electron chi connectivity index (χ3n) is 7.62. The first-order chi connectivity index (χ1) is 18.6. The van der Waals surface area contributed by atoms with Gasteiger partial charge in [-0.05, 0) is 66.9 Å². The second kappa shape index (κ2) is 10.4. The zero-order chi connectivity index (χ0) is 27.9. The third-order valence-corrected chi connectivity index (χ3v) is 8.44. The molecule has 1 aliphatic carbocycles. The molecule has 12 heteroatoms. The van der Waals surface area contributed by atoms with Crippen LogP contribution in [0.4, 0.5) is 10.2 Å². The molecule has 10 nitrogen and oxygen atoms in total. The molecule has 206 valence electrons. The molecule has 1 fully saturated rings. The highest BCUT2D eigenvalue weighted by molar-refractivity contribution is 9.10. The number of halogens is 2. The first kappa shape index (κ1) is 27.4. The van der Waals surface area contributed by atoms with Gasteiger partial charge in [0.15, 0.2) is 5.65 Å². The normalized spacial score (nSPS) is 15.5. The number of rotatable bonds is 10. The summed E-state index contributed by atoms with van der Waals surface area (Å²) < 4.78 is 16.0. The Bertz CT molecular complexity index is 1550. The van der Waals surface area contributed by atoms with E-state index in [1.54, 1.807) is 23.0 Å². The number of hydrogen-bond acceptors (Lipinski definition) is 8. The lowest BCUT2D eigenvalue weighted by Gasteiger charge is -2.26. The summed E-state index contributed by atoms with van der Waals surface area (Å²) in [5.41, 5.74) is 8.53. The number of benzene rings is 1. The molecule has 1 atom stereocenters. The fourth-order valence-corrected chi connectivity index (χ4v) is 5.09. The van der Waals surface area contributed by atoms with Crippen LogP contribution in [0.15, 0.2) is 41.1 Å². The molecule has 0 spiro atoms. The van der Waals surface area contributed by atoms with E-state index in [9.17, 15) is 19.4 Å². The number of fused-ring (bicyclic) bond motifs is 2. The molecule has 1 aliphatic rings. The number of nitrogen functional groups attached to an aromatic ring is 1. The Morgan fingerprint density at radius 3 is 2.69 bits per heavy atom. The predicted octanol–water partition coefficient (Wildman–Crippen LogP) is 2.97. The Kier molecular flexibility index (Phi) is 7.31. The fraction of sp³-hybridized carbons (Fsp3) is 0.407. The Morgan fingerprint density at radius 1 is 1.26 bits per heavy atom. The van der Waals surface area contributed by atoms with Gasteiger partial charge < -0.3 is 26.6 Å². The van der Waals surface area contributed by atoms with E-state index < -0.39 is 18.6 Å². The highest BCUT2D eigenvalue weighted by atomic mass is 79.9. The number of amides is 1. The molecule has 1 unspecified atom stereocenters. The lowest BCUT2D eigenvalue weighted by molar-refractivity contribution is -0.135. The van der Waals surface area contributed by atoms with Gasteiger partial charge in [-0.3, -0.25) is 9.78 Å². The van der Waals surface area contributed by atoms with E-state index in [1.165, 1.54) is 19.1 Å². The number of nitrogens with zero attached hydrogens (tertiary/aromatic N) is 4. The van der Waals surface area contributed by atoms with Gasteiger partial charge in [-0.25, -0.2) is 9.37 Å². The molecular weight excluding hydrogens is 569 g/mol. The van der Waals surface area contributed by atoms with E-state index in [4.69, 9.17) is 10.7 Å². The summed E-state index contributed by atoms with van der Waals surface area (Å²) in [4.78, 5) is 21.8. The van der Waals surface area contributed by atoms with Gasteiger partial charge >= 0.3 is 0 Å². The van der Waals surface area contributed by atoms with Gasteiger partial charge in [0.25, 0.3) is 0 Å². The topological polar surface area (TPSA) is 151 Å². The van der Waals surface area contributed by atoms with Gasteiger partial charge in [-0.15, -0.1) is 0 Å². The van der Waals surface area contributed by atoms with Crippen molar-refractivity contribution in [3.8, 4) is 11.1 Å². The summed E-state index contributed by atoms with van der Waals surface area (Å²) in [6.45, 7) is 3.74. The first-order valence-electron chi connectivity index (χ1n) is 12.7. The molecule has 39 heavy (non-hydrogen) atoms. The predicted molar refractivity (Wildman–Crippen MR) is 149 cm³/mol. The van der Waals surface area contributed by atoms with E-state index in [-0.39, 0.29) is 23.2 Å². The zero-order valence-corrected chi connectivity index (χ0v) is 23.3. The summed E-state index contributed by atoms with van der Waals surface area (Å²) in [5.74, 6) is -0.303. The SMILES string of the molecule is CC(NCC1(CNC(=O)C(C)(CO)CO)CC1)c1nc2c(-c3cnc4ccc(F)cc4c3)cnn2c(N)c1Br. The van der Waals surface area contributed by atoms with Crippen molar-refractivity contribution in [1.82, 2.24) is 30.2 Å². The number of aromatic nitrogens is 4. The zero-order valence-electron chi connectivity index (χ0n) is 21.7. The molecule has 0 radical (unpaired) electrons. The van der Waals surface area contributed by atoms with E-state index in [0.717, 1.165) is 24.0 Å². The van der Waals surface area contributed by atoms with Gasteiger partial charge in [0, 0.05) is 47.3 Å². The van der Waals surface area contributed by atoms with Crippen molar-refractivity contribution in [2.75, 3.05) is 32.0 Å². The molecule has 3 aromatic heterocycles. The standard InChI is InChI=1S/C27H31BrFN7O3/c1-15(32-11-27(5-6-27)12-33-25(39)26(2,13-37)14-38)22-21(28)23(30)36-24(35-22)19(10-34-36)17-7-16-8-18(29)3-4-20(16)31-9-17/h3-4,7-10,15,32,37-38H,5-6,11-14,30H2,1-2H3,(H,33,39). The highest BCUT2D eigenvalue weighted by Gasteiger charge is 2.44. The Morgan fingerprint density at radius 2 is 2.00 bits per heavy atom. The Balaban J connectivity index is 1.36. The van der Waals surface area contributed by atoms with Crippen molar-refractivity contribution in [3.63, 3.8) is 0 Å². The third kappa shape index (κ3) is 5.21. The molecule has 1 saturated carbocycles. The smallest absolute Gasteiger partial charge is 0.230 e. The number of carbonyl (C=O) groups is 1. The van der Waals surface area contributed by atoms with Crippen LogP contribution in [0.25, 0.3) is 27.7 Å². The van der Waals surface area contributed by atoms with Gasteiger partial charge in [-0.1, -0.05) is 0 Å². The quantitative estimate of drug-likeness (QED) is 0.187. The van der Waals surface area contributed by atoms with E-state index in [2.05, 4.69) is 36.6 Å². The minimum Gasteiger partial charge on any atom is -0.395 e. The number of nitrogens with two attached hydrogens (primary N) is 1. The molecule has 1 aromatic carbocycles. The number of aliphatic hydroxyl groups excluding tert-OH is 2. The van der Waals surface area contributed by atoms with Crippen molar-refractivity contribution in [3.05, 3.63) is 52.6 Å². The summed E-state index contributed by atoms with van der Waals surface area (Å²) in [6.07, 6.45) is 5.27. The van der Waals surface area contributed by atoms with E-state index >= 15 is 0 Å². The number of anilines is 1. The molecule has 4 aromatic rings. The molecule has 3 heterocycles. The summed E-state index contributed by atoms with van der Waals surface area (Å²) >= 11 is 3.58. The number of aliphatic hydroxyl groups is 2.